The van der Waals surface area contributed by atoms with Crippen LogP contribution in [0, 0.1) is 5.82 Å². The number of ether oxygens (including phenoxy) is 1. The van der Waals surface area contributed by atoms with Crippen molar-refractivity contribution in [3.8, 4) is 5.75 Å². The summed E-state index contributed by atoms with van der Waals surface area (Å²) in [6.07, 6.45) is 0. The number of anilines is 1. The third-order valence-corrected chi connectivity index (χ3v) is 6.24. The van der Waals surface area contributed by atoms with E-state index in [1.54, 1.807) is 36.4 Å². The Bertz CT molecular complexity index is 1130. The number of hydrogen-bond donors (Lipinski definition) is 1. The van der Waals surface area contributed by atoms with Gasteiger partial charge in [0.05, 0.1) is 17.1 Å². The highest BCUT2D eigenvalue weighted by Gasteiger charge is 2.27. The smallest absolute Gasteiger partial charge is 0.264 e. The van der Waals surface area contributed by atoms with E-state index in [0.29, 0.717) is 10.8 Å². The van der Waals surface area contributed by atoms with Gasteiger partial charge in [0.1, 0.15) is 24.7 Å². The van der Waals surface area contributed by atoms with Crippen LogP contribution in [-0.2, 0) is 14.8 Å². The fraction of sp³-hybridized carbons (Fsp3) is 0.136. The minimum atomic E-state index is -4.00. The van der Waals surface area contributed by atoms with E-state index in [4.69, 9.17) is 16.3 Å². The van der Waals surface area contributed by atoms with Gasteiger partial charge >= 0.3 is 0 Å². The van der Waals surface area contributed by atoms with Crippen molar-refractivity contribution in [3.05, 3.63) is 89.7 Å². The number of amides is 1. The molecule has 3 aromatic carbocycles. The minimum absolute atomic E-state index is 0.0578. The zero-order valence-corrected chi connectivity index (χ0v) is 17.9. The summed E-state index contributed by atoms with van der Waals surface area (Å²) in [5.41, 5.74) is 0.272. The van der Waals surface area contributed by atoms with Crippen molar-refractivity contribution in [1.29, 1.82) is 0 Å². The van der Waals surface area contributed by atoms with Crippen molar-refractivity contribution >= 4 is 33.2 Å². The molecule has 3 aromatic rings. The monoisotopic (exact) mass is 462 g/mol. The van der Waals surface area contributed by atoms with E-state index in [0.717, 1.165) is 4.31 Å². The second-order valence-corrected chi connectivity index (χ2v) is 8.76. The molecule has 6 nitrogen and oxygen atoms in total. The van der Waals surface area contributed by atoms with E-state index in [1.165, 1.54) is 42.5 Å². The zero-order valence-electron chi connectivity index (χ0n) is 16.4. The molecule has 3 rings (SSSR count). The van der Waals surface area contributed by atoms with Gasteiger partial charge in [-0.3, -0.25) is 9.10 Å². The third-order valence-electron chi connectivity index (χ3n) is 4.22. The van der Waals surface area contributed by atoms with Crippen LogP contribution in [0.1, 0.15) is 0 Å². The number of benzene rings is 3. The van der Waals surface area contributed by atoms with Gasteiger partial charge in [-0.2, -0.15) is 0 Å². The Hall–Kier alpha value is -3.10. The minimum Gasteiger partial charge on any atom is -0.492 e. The molecule has 0 saturated heterocycles. The highest BCUT2D eigenvalue weighted by molar-refractivity contribution is 7.92. The molecule has 0 fully saturated rings. The normalized spacial score (nSPS) is 11.0. The second kappa shape index (κ2) is 10.3. The van der Waals surface area contributed by atoms with Crippen molar-refractivity contribution < 1.29 is 22.3 Å². The van der Waals surface area contributed by atoms with Crippen LogP contribution in [-0.4, -0.2) is 34.0 Å². The van der Waals surface area contributed by atoms with E-state index in [-0.39, 0.29) is 29.6 Å². The standard InChI is InChI=1S/C22H20ClFN2O4S/c23-17-5-4-6-19(15-17)26(31(28,29)21-7-2-1-3-8-21)16-22(27)25-13-14-30-20-11-9-18(24)10-12-20/h1-12,15H,13-14,16H2,(H,25,27). The van der Waals surface area contributed by atoms with Gasteiger partial charge in [-0.1, -0.05) is 35.9 Å². The van der Waals surface area contributed by atoms with Gasteiger partial charge < -0.3 is 10.1 Å². The molecule has 162 valence electrons. The molecule has 9 heteroatoms. The lowest BCUT2D eigenvalue weighted by Crippen LogP contribution is -2.41. The summed E-state index contributed by atoms with van der Waals surface area (Å²) in [5.74, 6) is -0.425. The lowest BCUT2D eigenvalue weighted by atomic mass is 10.3. The van der Waals surface area contributed by atoms with E-state index >= 15 is 0 Å². The van der Waals surface area contributed by atoms with Gasteiger partial charge in [-0.15, -0.1) is 0 Å². The summed E-state index contributed by atoms with van der Waals surface area (Å²) >= 11 is 6.03. The average Bonchev–Trinajstić information content (AvgIpc) is 2.77. The van der Waals surface area contributed by atoms with Crippen molar-refractivity contribution in [2.24, 2.45) is 0 Å². The third kappa shape index (κ3) is 6.19. The fourth-order valence-corrected chi connectivity index (χ4v) is 4.36. The van der Waals surface area contributed by atoms with Gasteiger partial charge in [-0.25, -0.2) is 12.8 Å². The summed E-state index contributed by atoms with van der Waals surface area (Å²) < 4.78 is 45.7. The molecule has 1 amide bonds. The SMILES string of the molecule is O=C(CN(c1cccc(Cl)c1)S(=O)(=O)c1ccccc1)NCCOc1ccc(F)cc1. The predicted octanol–water partition coefficient (Wildman–Crippen LogP) is 3.87. The highest BCUT2D eigenvalue weighted by atomic mass is 35.5. The number of hydrogen-bond acceptors (Lipinski definition) is 4. The van der Waals surface area contributed by atoms with Crippen molar-refractivity contribution in [1.82, 2.24) is 5.32 Å². The molecule has 0 radical (unpaired) electrons. The van der Waals surface area contributed by atoms with Gasteiger partial charge in [0.2, 0.25) is 5.91 Å². The quantitative estimate of drug-likeness (QED) is 0.490. The molecule has 0 saturated carbocycles. The lowest BCUT2D eigenvalue weighted by molar-refractivity contribution is -0.119. The molecular weight excluding hydrogens is 443 g/mol. The van der Waals surface area contributed by atoms with E-state index in [9.17, 15) is 17.6 Å². The average molecular weight is 463 g/mol. The maximum atomic E-state index is 13.2. The highest BCUT2D eigenvalue weighted by Crippen LogP contribution is 2.25. The second-order valence-electron chi connectivity index (χ2n) is 6.46. The van der Waals surface area contributed by atoms with Crippen molar-refractivity contribution in [2.75, 3.05) is 24.0 Å². The number of sulfonamides is 1. The van der Waals surface area contributed by atoms with Gasteiger partial charge in [0.15, 0.2) is 0 Å². The first kappa shape index (κ1) is 22.6. The summed E-state index contributed by atoms with van der Waals surface area (Å²) in [5, 5.41) is 2.97. The molecule has 0 aliphatic heterocycles. The maximum Gasteiger partial charge on any atom is 0.264 e. The summed E-state index contributed by atoms with van der Waals surface area (Å²) in [4.78, 5) is 12.5. The molecule has 0 unspecified atom stereocenters. The Morgan fingerprint density at radius 1 is 1.00 bits per heavy atom. The van der Waals surface area contributed by atoms with Crippen LogP contribution >= 0.6 is 11.6 Å². The topological polar surface area (TPSA) is 75.7 Å². The molecule has 0 atom stereocenters. The summed E-state index contributed by atoms with van der Waals surface area (Å²) in [7, 11) is -4.00. The molecule has 0 heterocycles. The number of carbonyl (C=O) groups excluding carboxylic acids is 1. The Morgan fingerprint density at radius 2 is 1.71 bits per heavy atom. The first-order valence-electron chi connectivity index (χ1n) is 9.35. The van der Waals surface area contributed by atoms with Crippen LogP contribution in [0.4, 0.5) is 10.1 Å². The Balaban J connectivity index is 1.68. The number of nitrogens with zero attached hydrogens (tertiary/aromatic N) is 1. The molecule has 0 aliphatic rings. The van der Waals surface area contributed by atoms with Gasteiger partial charge in [0.25, 0.3) is 10.0 Å². The molecule has 0 bridgehead atoms. The summed E-state index contributed by atoms with van der Waals surface area (Å²) in [6, 6.07) is 19.6. The van der Waals surface area contributed by atoms with Crippen LogP contribution in [0.5, 0.6) is 5.75 Å². The van der Waals surface area contributed by atoms with Gasteiger partial charge in [-0.05, 0) is 54.6 Å². The first-order valence-corrected chi connectivity index (χ1v) is 11.2. The van der Waals surface area contributed by atoms with Gasteiger partial charge in [0, 0.05) is 5.02 Å². The largest absolute Gasteiger partial charge is 0.492 e. The Morgan fingerprint density at radius 3 is 2.39 bits per heavy atom. The number of carbonyl (C=O) groups is 1. The lowest BCUT2D eigenvalue weighted by Gasteiger charge is -2.24. The molecule has 31 heavy (non-hydrogen) atoms. The zero-order chi connectivity index (χ0) is 22.3. The van der Waals surface area contributed by atoms with Crippen LogP contribution < -0.4 is 14.4 Å². The Labute approximate surface area is 185 Å². The fourth-order valence-electron chi connectivity index (χ4n) is 2.74. The van der Waals surface area contributed by atoms with Crippen molar-refractivity contribution in [2.45, 2.75) is 4.90 Å². The van der Waals surface area contributed by atoms with E-state index in [1.807, 2.05) is 0 Å². The van der Waals surface area contributed by atoms with Crippen LogP contribution in [0.25, 0.3) is 0 Å². The van der Waals surface area contributed by atoms with Crippen LogP contribution in [0.15, 0.2) is 83.8 Å². The molecule has 0 aromatic heterocycles. The number of halogens is 2. The van der Waals surface area contributed by atoms with Crippen LogP contribution in [0.3, 0.4) is 0 Å². The first-order chi connectivity index (χ1) is 14.9. The van der Waals surface area contributed by atoms with Crippen molar-refractivity contribution in [3.63, 3.8) is 0 Å². The summed E-state index contributed by atoms with van der Waals surface area (Å²) in [6.45, 7) is -0.154. The van der Waals surface area contributed by atoms with Crippen LogP contribution in [0.2, 0.25) is 5.02 Å². The Kier molecular flexibility index (Phi) is 7.49. The molecule has 1 N–H and O–H groups in total. The predicted molar refractivity (Wildman–Crippen MR) is 117 cm³/mol. The van der Waals surface area contributed by atoms with E-state index < -0.39 is 22.5 Å². The molecule has 0 aliphatic carbocycles. The molecular formula is C22H20ClFN2O4S. The number of rotatable bonds is 9. The molecule has 0 spiro atoms. The van der Waals surface area contributed by atoms with E-state index in [2.05, 4.69) is 5.32 Å². The number of nitrogens with one attached hydrogen (secondary N) is 1. The maximum absolute atomic E-state index is 13.2.